The van der Waals surface area contributed by atoms with E-state index in [0.29, 0.717) is 0 Å². The number of ether oxygens (including phenoxy) is 2. The summed E-state index contributed by atoms with van der Waals surface area (Å²) in [4.78, 5) is 15.8. The predicted molar refractivity (Wildman–Crippen MR) is 120 cm³/mol. The molecule has 2 bridgehead atoms. The largest absolute Gasteiger partial charge is 0.315 e. The SMILES string of the molecule is C[C@H]1[C@@H](c2ccccc2)O[C@]23O[C@H](c4ccccc4)[C@H](C(=O)N12)[C@H](c1ccccc1)S3. The molecule has 0 aromatic heterocycles. The average Bonchev–Trinajstić information content (AvgIpc) is 3.13. The van der Waals surface area contributed by atoms with Crippen LogP contribution in [0.25, 0.3) is 0 Å². The van der Waals surface area contributed by atoms with Crippen LogP contribution in [0.5, 0.6) is 0 Å². The third kappa shape index (κ3) is 2.88. The maximum atomic E-state index is 14.0. The monoisotopic (exact) mass is 429 g/mol. The summed E-state index contributed by atoms with van der Waals surface area (Å²) in [5.74, 6) is -0.198. The first-order valence-electron chi connectivity index (χ1n) is 10.7. The van der Waals surface area contributed by atoms with Crippen molar-refractivity contribution in [2.75, 3.05) is 0 Å². The molecule has 3 aromatic rings. The van der Waals surface area contributed by atoms with Gasteiger partial charge < -0.3 is 9.47 Å². The number of nitrogens with zero attached hydrogens (tertiary/aromatic N) is 1. The number of carbonyl (C=O) groups excluding carboxylic acids is 1. The van der Waals surface area contributed by atoms with E-state index in [2.05, 4.69) is 31.2 Å². The lowest BCUT2D eigenvalue weighted by atomic mass is 9.86. The maximum absolute atomic E-state index is 14.0. The Labute approximate surface area is 186 Å². The fourth-order valence-corrected chi connectivity index (χ4v) is 6.81. The van der Waals surface area contributed by atoms with Crippen LogP contribution in [0, 0.1) is 5.92 Å². The van der Waals surface area contributed by atoms with Crippen LogP contribution >= 0.6 is 11.8 Å². The smallest absolute Gasteiger partial charge is 0.309 e. The van der Waals surface area contributed by atoms with Crippen LogP contribution in [0.3, 0.4) is 0 Å². The minimum absolute atomic E-state index is 0.0365. The molecule has 0 unspecified atom stereocenters. The number of amides is 1. The third-order valence-corrected chi connectivity index (χ3v) is 8.03. The highest BCUT2D eigenvalue weighted by molar-refractivity contribution is 8.00. The molecule has 5 heteroatoms. The van der Waals surface area contributed by atoms with Crippen molar-refractivity contribution in [3.8, 4) is 0 Å². The van der Waals surface area contributed by atoms with Gasteiger partial charge >= 0.3 is 5.24 Å². The molecule has 4 fully saturated rings. The molecule has 1 amide bonds. The summed E-state index contributed by atoms with van der Waals surface area (Å²) < 4.78 is 13.3. The molecule has 4 nitrogen and oxygen atoms in total. The van der Waals surface area contributed by atoms with Gasteiger partial charge in [0.05, 0.1) is 17.2 Å². The molecule has 4 heterocycles. The van der Waals surface area contributed by atoms with Gasteiger partial charge in [-0.2, -0.15) is 0 Å². The summed E-state index contributed by atoms with van der Waals surface area (Å²) in [6, 6.07) is 30.3. The number of benzene rings is 3. The topological polar surface area (TPSA) is 38.8 Å². The normalized spacial score (nSPS) is 34.0. The van der Waals surface area contributed by atoms with E-state index in [-0.39, 0.29) is 35.3 Å². The van der Waals surface area contributed by atoms with Gasteiger partial charge in [0.25, 0.3) is 0 Å². The van der Waals surface area contributed by atoms with Crippen molar-refractivity contribution in [1.29, 1.82) is 0 Å². The molecular formula is C26H23NO3S. The average molecular weight is 430 g/mol. The van der Waals surface area contributed by atoms with Gasteiger partial charge in [-0.25, -0.2) is 0 Å². The zero-order chi connectivity index (χ0) is 21.0. The molecule has 0 saturated carbocycles. The van der Waals surface area contributed by atoms with Crippen molar-refractivity contribution in [3.05, 3.63) is 108 Å². The van der Waals surface area contributed by atoms with Crippen LogP contribution in [0.4, 0.5) is 0 Å². The summed E-state index contributed by atoms with van der Waals surface area (Å²) in [5.41, 5.74) is 3.21. The van der Waals surface area contributed by atoms with E-state index < -0.39 is 5.24 Å². The number of rotatable bonds is 3. The fraction of sp³-hybridized carbons (Fsp3) is 0.269. The van der Waals surface area contributed by atoms with E-state index in [1.807, 2.05) is 71.6 Å². The number of hydrogen-bond donors (Lipinski definition) is 0. The second-order valence-corrected chi connectivity index (χ2v) is 9.61. The van der Waals surface area contributed by atoms with Gasteiger partial charge in [0.2, 0.25) is 5.91 Å². The second kappa shape index (κ2) is 7.23. The van der Waals surface area contributed by atoms with Crippen LogP contribution in [0.2, 0.25) is 0 Å². The fourth-order valence-electron chi connectivity index (χ4n) is 5.10. The van der Waals surface area contributed by atoms with Gasteiger partial charge in [0, 0.05) is 0 Å². The van der Waals surface area contributed by atoms with Gasteiger partial charge in [-0.3, -0.25) is 9.69 Å². The first-order valence-corrected chi connectivity index (χ1v) is 11.6. The van der Waals surface area contributed by atoms with Crippen LogP contribution < -0.4 is 0 Å². The Kier molecular flexibility index (Phi) is 4.46. The van der Waals surface area contributed by atoms with Crippen LogP contribution in [0.15, 0.2) is 91.0 Å². The van der Waals surface area contributed by atoms with E-state index in [1.165, 1.54) is 0 Å². The number of fused-ring (bicyclic) bond motifs is 2. The molecule has 1 spiro atoms. The van der Waals surface area contributed by atoms with E-state index in [0.717, 1.165) is 16.7 Å². The summed E-state index contributed by atoms with van der Waals surface area (Å²) >= 11 is 1.62. The number of thioether (sulfide) groups is 1. The molecule has 3 aromatic carbocycles. The van der Waals surface area contributed by atoms with Gasteiger partial charge in [0.1, 0.15) is 12.2 Å². The van der Waals surface area contributed by atoms with E-state index in [1.54, 1.807) is 11.8 Å². The zero-order valence-electron chi connectivity index (χ0n) is 17.1. The van der Waals surface area contributed by atoms with Gasteiger partial charge in [0.15, 0.2) is 0 Å². The van der Waals surface area contributed by atoms with Crippen LogP contribution in [-0.4, -0.2) is 22.1 Å². The Morgan fingerprint density at radius 3 is 1.81 bits per heavy atom. The van der Waals surface area contributed by atoms with E-state index in [4.69, 9.17) is 9.47 Å². The Bertz CT molecular complexity index is 1040. The third-order valence-electron chi connectivity index (χ3n) is 6.53. The number of carbonyl (C=O) groups is 1. The van der Waals surface area contributed by atoms with Crippen molar-refractivity contribution in [2.45, 2.75) is 35.7 Å². The van der Waals surface area contributed by atoms with Gasteiger partial charge in [-0.1, -0.05) is 103 Å². The highest BCUT2D eigenvalue weighted by Gasteiger charge is 2.69. The summed E-state index contributed by atoms with van der Waals surface area (Å²) in [7, 11) is 0. The standard InChI is InChI=1S/C26H23NO3S/c1-17-22(18-11-5-2-6-12-18)29-26-27(17)25(28)21(23(30-26)19-13-7-3-8-14-19)24(31-26)20-15-9-4-10-16-20/h2-17,21-24H,1H3/t17-,21-,22-,23+,24-,26-/m0/s1. The maximum Gasteiger partial charge on any atom is 0.309 e. The molecule has 31 heavy (non-hydrogen) atoms. The summed E-state index contributed by atoms with van der Waals surface area (Å²) in [6.45, 7) is 2.06. The van der Waals surface area contributed by atoms with Crippen LogP contribution in [0.1, 0.15) is 41.1 Å². The van der Waals surface area contributed by atoms with Crippen molar-refractivity contribution < 1.29 is 14.3 Å². The molecule has 4 aliphatic rings. The second-order valence-electron chi connectivity index (χ2n) is 8.35. The van der Waals surface area contributed by atoms with E-state index >= 15 is 0 Å². The Morgan fingerprint density at radius 2 is 1.23 bits per heavy atom. The zero-order valence-corrected chi connectivity index (χ0v) is 17.9. The minimum atomic E-state index is -1.13. The van der Waals surface area contributed by atoms with Crippen molar-refractivity contribution >= 4 is 17.7 Å². The summed E-state index contributed by atoms with van der Waals surface area (Å²) in [6.07, 6.45) is -0.583. The Balaban J connectivity index is 1.47. The molecule has 0 N–H and O–H groups in total. The first kappa shape index (κ1) is 19.1. The molecule has 4 aliphatic heterocycles. The Hall–Kier alpha value is -2.60. The molecule has 6 atom stereocenters. The van der Waals surface area contributed by atoms with Crippen LogP contribution in [-0.2, 0) is 14.3 Å². The van der Waals surface area contributed by atoms with Crippen molar-refractivity contribution in [2.24, 2.45) is 5.92 Å². The van der Waals surface area contributed by atoms with Gasteiger partial charge in [-0.15, -0.1) is 0 Å². The quantitative estimate of drug-likeness (QED) is 0.554. The lowest BCUT2D eigenvalue weighted by Gasteiger charge is -2.55. The molecule has 156 valence electrons. The molecule has 4 saturated heterocycles. The predicted octanol–water partition coefficient (Wildman–Crippen LogP) is 5.46. The Morgan fingerprint density at radius 1 is 0.742 bits per heavy atom. The van der Waals surface area contributed by atoms with Gasteiger partial charge in [-0.05, 0) is 23.6 Å². The molecule has 0 radical (unpaired) electrons. The minimum Gasteiger partial charge on any atom is -0.315 e. The summed E-state index contributed by atoms with van der Waals surface area (Å²) in [5, 5.41) is -1.17. The lowest BCUT2D eigenvalue weighted by molar-refractivity contribution is -0.279. The van der Waals surface area contributed by atoms with Crippen molar-refractivity contribution in [3.63, 3.8) is 0 Å². The number of hydrogen-bond acceptors (Lipinski definition) is 4. The van der Waals surface area contributed by atoms with Crippen molar-refractivity contribution in [1.82, 2.24) is 4.90 Å². The molecule has 7 rings (SSSR count). The molecule has 0 aliphatic carbocycles. The lowest BCUT2D eigenvalue weighted by Crippen LogP contribution is -2.63. The highest BCUT2D eigenvalue weighted by atomic mass is 32.2. The molecular weight excluding hydrogens is 406 g/mol. The highest BCUT2D eigenvalue weighted by Crippen LogP contribution is 2.66. The van der Waals surface area contributed by atoms with E-state index in [9.17, 15) is 4.79 Å². The first-order chi connectivity index (χ1) is 15.2.